The van der Waals surface area contributed by atoms with E-state index in [0.29, 0.717) is 25.3 Å². The number of nitrogens with one attached hydrogen (secondary N) is 2. The predicted octanol–water partition coefficient (Wildman–Crippen LogP) is 1.20. The van der Waals surface area contributed by atoms with Crippen LogP contribution in [0.3, 0.4) is 0 Å². The number of amides is 1. The molecule has 1 aliphatic rings. The van der Waals surface area contributed by atoms with Crippen molar-refractivity contribution in [2.24, 2.45) is 0 Å². The van der Waals surface area contributed by atoms with Crippen LogP contribution in [0.25, 0.3) is 0 Å². The maximum absolute atomic E-state index is 12.4. The molecule has 1 aromatic carbocycles. The van der Waals surface area contributed by atoms with Crippen molar-refractivity contribution in [2.45, 2.75) is 26.1 Å². The lowest BCUT2D eigenvalue weighted by molar-refractivity contribution is -0.126. The van der Waals surface area contributed by atoms with Crippen LogP contribution in [0.1, 0.15) is 11.1 Å². The summed E-state index contributed by atoms with van der Waals surface area (Å²) in [5, 5.41) is 5.73. The van der Waals surface area contributed by atoms with Crippen LogP contribution in [0, 0.1) is 6.92 Å². The van der Waals surface area contributed by atoms with Gasteiger partial charge in [0.15, 0.2) is 0 Å². The summed E-state index contributed by atoms with van der Waals surface area (Å²) in [5.41, 5.74) is 1.42. The molecular formula is C14H18F2N2O3. The van der Waals surface area contributed by atoms with E-state index in [9.17, 15) is 13.6 Å². The fourth-order valence-corrected chi connectivity index (χ4v) is 2.10. The Bertz CT molecular complexity index is 491. The largest absolute Gasteiger partial charge is 0.434 e. The van der Waals surface area contributed by atoms with Gasteiger partial charge in [0, 0.05) is 18.7 Å². The van der Waals surface area contributed by atoms with Crippen LogP contribution in [0.15, 0.2) is 18.2 Å². The first-order valence-corrected chi connectivity index (χ1v) is 6.69. The van der Waals surface area contributed by atoms with Crippen LogP contribution >= 0.6 is 0 Å². The van der Waals surface area contributed by atoms with E-state index in [4.69, 9.17) is 4.74 Å². The molecule has 116 valence electrons. The maximum atomic E-state index is 12.4. The first-order chi connectivity index (χ1) is 10.1. The minimum atomic E-state index is -2.89. The zero-order chi connectivity index (χ0) is 15.2. The molecule has 0 bridgehead atoms. The average molecular weight is 300 g/mol. The van der Waals surface area contributed by atoms with Crippen molar-refractivity contribution in [3.05, 3.63) is 29.3 Å². The number of alkyl halides is 2. The first-order valence-electron chi connectivity index (χ1n) is 6.69. The standard InChI is InChI=1S/C14H18F2N2O3/c1-9-2-3-12(21-14(15)16)10(6-9)7-18-13(19)11-8-20-5-4-17-11/h2-3,6,11,14,17H,4-5,7-8H2,1H3,(H,18,19). The number of carbonyl (C=O) groups is 1. The number of halogens is 2. The highest BCUT2D eigenvalue weighted by atomic mass is 19.3. The van der Waals surface area contributed by atoms with E-state index < -0.39 is 12.7 Å². The smallest absolute Gasteiger partial charge is 0.387 e. The fraction of sp³-hybridized carbons (Fsp3) is 0.500. The van der Waals surface area contributed by atoms with Crippen LogP contribution in [-0.2, 0) is 16.1 Å². The molecule has 1 saturated heterocycles. The van der Waals surface area contributed by atoms with Crippen molar-refractivity contribution in [1.29, 1.82) is 0 Å². The number of ether oxygens (including phenoxy) is 2. The normalized spacial score (nSPS) is 18.6. The molecule has 2 N–H and O–H groups in total. The predicted molar refractivity (Wildman–Crippen MR) is 72.3 cm³/mol. The van der Waals surface area contributed by atoms with Gasteiger partial charge in [0.25, 0.3) is 0 Å². The molecule has 1 fully saturated rings. The van der Waals surface area contributed by atoms with E-state index in [1.54, 1.807) is 12.1 Å². The van der Waals surface area contributed by atoms with E-state index in [-0.39, 0.29) is 18.2 Å². The van der Waals surface area contributed by atoms with Crippen LogP contribution < -0.4 is 15.4 Å². The summed E-state index contributed by atoms with van der Waals surface area (Å²) in [6.07, 6.45) is 0. The number of rotatable bonds is 5. The molecule has 0 aromatic heterocycles. The molecule has 1 aromatic rings. The molecule has 5 nitrogen and oxygen atoms in total. The number of carbonyl (C=O) groups excluding carboxylic acids is 1. The van der Waals surface area contributed by atoms with Crippen molar-refractivity contribution < 1.29 is 23.0 Å². The molecule has 2 rings (SSSR count). The van der Waals surface area contributed by atoms with Crippen LogP contribution in [0.5, 0.6) is 5.75 Å². The zero-order valence-electron chi connectivity index (χ0n) is 11.7. The van der Waals surface area contributed by atoms with Gasteiger partial charge in [-0.15, -0.1) is 0 Å². The Balaban J connectivity index is 1.97. The van der Waals surface area contributed by atoms with Gasteiger partial charge < -0.3 is 20.1 Å². The van der Waals surface area contributed by atoms with Crippen molar-refractivity contribution in [1.82, 2.24) is 10.6 Å². The van der Waals surface area contributed by atoms with Gasteiger partial charge >= 0.3 is 6.61 Å². The monoisotopic (exact) mass is 300 g/mol. The zero-order valence-corrected chi connectivity index (χ0v) is 11.7. The van der Waals surface area contributed by atoms with Crippen LogP contribution in [0.2, 0.25) is 0 Å². The quantitative estimate of drug-likeness (QED) is 0.858. The van der Waals surface area contributed by atoms with Gasteiger partial charge in [-0.1, -0.05) is 17.7 Å². The summed E-state index contributed by atoms with van der Waals surface area (Å²) in [6.45, 7) is 0.570. The molecule has 0 radical (unpaired) electrons. The molecule has 1 atom stereocenters. The molecule has 1 amide bonds. The Morgan fingerprint density at radius 2 is 2.38 bits per heavy atom. The van der Waals surface area contributed by atoms with Crippen molar-refractivity contribution in [3.8, 4) is 5.75 Å². The lowest BCUT2D eigenvalue weighted by Crippen LogP contribution is -2.51. The SMILES string of the molecule is Cc1ccc(OC(F)F)c(CNC(=O)C2COCCN2)c1. The Hall–Kier alpha value is -1.73. The topological polar surface area (TPSA) is 59.6 Å². The van der Waals surface area contributed by atoms with Gasteiger partial charge in [-0.2, -0.15) is 8.78 Å². The van der Waals surface area contributed by atoms with Crippen molar-refractivity contribution in [3.63, 3.8) is 0 Å². The molecule has 0 saturated carbocycles. The third kappa shape index (κ3) is 4.64. The van der Waals surface area contributed by atoms with E-state index >= 15 is 0 Å². The van der Waals surface area contributed by atoms with Gasteiger partial charge in [-0.05, 0) is 13.0 Å². The van der Waals surface area contributed by atoms with Gasteiger partial charge in [0.1, 0.15) is 11.8 Å². The van der Waals surface area contributed by atoms with Gasteiger partial charge in [0.2, 0.25) is 5.91 Å². The van der Waals surface area contributed by atoms with E-state index in [0.717, 1.165) is 5.56 Å². The van der Waals surface area contributed by atoms with E-state index in [2.05, 4.69) is 15.4 Å². The number of hydrogen-bond acceptors (Lipinski definition) is 4. The summed E-state index contributed by atoms with van der Waals surface area (Å²) in [4.78, 5) is 11.9. The highest BCUT2D eigenvalue weighted by Gasteiger charge is 2.21. The van der Waals surface area contributed by atoms with Crippen LogP contribution in [-0.4, -0.2) is 38.3 Å². The lowest BCUT2D eigenvalue weighted by atomic mass is 10.1. The second kappa shape index (κ2) is 7.33. The van der Waals surface area contributed by atoms with Crippen LogP contribution in [0.4, 0.5) is 8.78 Å². The third-order valence-electron chi connectivity index (χ3n) is 3.12. The molecule has 21 heavy (non-hydrogen) atoms. The van der Waals surface area contributed by atoms with E-state index in [1.807, 2.05) is 6.92 Å². The van der Waals surface area contributed by atoms with Crippen molar-refractivity contribution >= 4 is 5.91 Å². The minimum Gasteiger partial charge on any atom is -0.434 e. The van der Waals surface area contributed by atoms with Crippen molar-refractivity contribution in [2.75, 3.05) is 19.8 Å². The molecular weight excluding hydrogens is 282 g/mol. The molecule has 1 heterocycles. The minimum absolute atomic E-state index is 0.0729. The second-order valence-electron chi connectivity index (χ2n) is 4.79. The Labute approximate surface area is 121 Å². The second-order valence-corrected chi connectivity index (χ2v) is 4.79. The number of morpholine rings is 1. The first kappa shape index (κ1) is 15.7. The Morgan fingerprint density at radius 1 is 1.57 bits per heavy atom. The summed E-state index contributed by atoms with van der Waals surface area (Å²) in [6, 6.07) is 4.45. The molecule has 7 heteroatoms. The molecule has 1 aliphatic heterocycles. The number of hydrogen-bond donors (Lipinski definition) is 2. The van der Waals surface area contributed by atoms with Gasteiger partial charge in [-0.25, -0.2) is 0 Å². The summed E-state index contributed by atoms with van der Waals surface area (Å²) in [5.74, 6) is -0.150. The number of benzene rings is 1. The van der Waals surface area contributed by atoms with Gasteiger partial charge in [0.05, 0.1) is 13.2 Å². The highest BCUT2D eigenvalue weighted by Crippen LogP contribution is 2.22. The fourth-order valence-electron chi connectivity index (χ4n) is 2.10. The third-order valence-corrected chi connectivity index (χ3v) is 3.12. The summed E-state index contributed by atoms with van der Waals surface area (Å²) < 4.78 is 34.4. The molecule has 0 spiro atoms. The van der Waals surface area contributed by atoms with Gasteiger partial charge in [-0.3, -0.25) is 4.79 Å². The Morgan fingerprint density at radius 3 is 3.05 bits per heavy atom. The summed E-state index contributed by atoms with van der Waals surface area (Å²) in [7, 11) is 0. The maximum Gasteiger partial charge on any atom is 0.387 e. The highest BCUT2D eigenvalue weighted by molar-refractivity contribution is 5.82. The number of aryl methyl sites for hydroxylation is 1. The molecule has 0 aliphatic carbocycles. The lowest BCUT2D eigenvalue weighted by Gasteiger charge is -2.23. The van der Waals surface area contributed by atoms with E-state index in [1.165, 1.54) is 6.07 Å². The Kier molecular flexibility index (Phi) is 5.46. The average Bonchev–Trinajstić information content (AvgIpc) is 2.47. The molecule has 1 unspecified atom stereocenters. The summed E-state index contributed by atoms with van der Waals surface area (Å²) >= 11 is 0.